The minimum atomic E-state index is -0.389. The molecule has 0 unspecified atom stereocenters. The van der Waals surface area contributed by atoms with Crippen molar-refractivity contribution in [3.05, 3.63) is 84.7 Å². The van der Waals surface area contributed by atoms with Crippen molar-refractivity contribution in [1.29, 1.82) is 0 Å². The van der Waals surface area contributed by atoms with E-state index in [1.165, 1.54) is 12.1 Å². The van der Waals surface area contributed by atoms with Crippen LogP contribution in [-0.2, 0) is 4.79 Å². The molecular formula is C20H17FN2O2. The molecular weight excluding hydrogens is 319 g/mol. The molecule has 3 aromatic carbocycles. The van der Waals surface area contributed by atoms with E-state index in [1.807, 2.05) is 54.6 Å². The second kappa shape index (κ2) is 7.97. The van der Waals surface area contributed by atoms with Gasteiger partial charge in [-0.05, 0) is 54.6 Å². The molecule has 0 bridgehead atoms. The molecule has 0 radical (unpaired) electrons. The summed E-state index contributed by atoms with van der Waals surface area (Å²) in [7, 11) is 0. The maximum Gasteiger partial charge on any atom is 0.243 e. The van der Waals surface area contributed by atoms with Gasteiger partial charge in [0.2, 0.25) is 5.91 Å². The van der Waals surface area contributed by atoms with E-state index < -0.39 is 0 Å². The van der Waals surface area contributed by atoms with Crippen LogP contribution in [0, 0.1) is 5.82 Å². The highest BCUT2D eigenvalue weighted by Gasteiger charge is 2.03. The van der Waals surface area contributed by atoms with Gasteiger partial charge >= 0.3 is 0 Å². The molecule has 0 spiro atoms. The molecule has 0 aliphatic carbocycles. The van der Waals surface area contributed by atoms with Crippen molar-refractivity contribution in [3.63, 3.8) is 0 Å². The van der Waals surface area contributed by atoms with Crippen LogP contribution >= 0.6 is 0 Å². The molecule has 4 nitrogen and oxygen atoms in total. The van der Waals surface area contributed by atoms with Gasteiger partial charge in [0.15, 0.2) is 0 Å². The molecule has 126 valence electrons. The highest BCUT2D eigenvalue weighted by Crippen LogP contribution is 2.22. The normalized spacial score (nSPS) is 10.1. The second-order valence-electron chi connectivity index (χ2n) is 5.35. The van der Waals surface area contributed by atoms with Crippen LogP contribution in [0.1, 0.15) is 0 Å². The van der Waals surface area contributed by atoms with Crippen LogP contribution in [0.3, 0.4) is 0 Å². The summed E-state index contributed by atoms with van der Waals surface area (Å²) in [4.78, 5) is 11.9. The van der Waals surface area contributed by atoms with E-state index in [-0.39, 0.29) is 18.3 Å². The molecule has 0 aliphatic heterocycles. The molecule has 0 aliphatic rings. The SMILES string of the molecule is O=C(CNc1ccc(Oc2ccccc2)cc1)Nc1cccc(F)c1. The predicted molar refractivity (Wildman–Crippen MR) is 96.5 cm³/mol. The standard InChI is InChI=1S/C20H17FN2O2/c21-15-5-4-6-17(13-15)23-20(24)14-22-16-9-11-19(12-10-16)25-18-7-2-1-3-8-18/h1-13,22H,14H2,(H,23,24). The first kappa shape index (κ1) is 16.5. The van der Waals surface area contributed by atoms with Gasteiger partial charge in [0.1, 0.15) is 17.3 Å². The van der Waals surface area contributed by atoms with Crippen molar-refractivity contribution >= 4 is 17.3 Å². The van der Waals surface area contributed by atoms with Gasteiger partial charge in [0.05, 0.1) is 6.54 Å². The van der Waals surface area contributed by atoms with Crippen molar-refractivity contribution in [3.8, 4) is 11.5 Å². The van der Waals surface area contributed by atoms with E-state index in [0.717, 1.165) is 11.4 Å². The first-order valence-electron chi connectivity index (χ1n) is 7.81. The van der Waals surface area contributed by atoms with E-state index in [2.05, 4.69) is 10.6 Å². The predicted octanol–water partition coefficient (Wildman–Crippen LogP) is 4.67. The molecule has 3 rings (SSSR count). The van der Waals surface area contributed by atoms with Gasteiger partial charge in [-0.1, -0.05) is 24.3 Å². The average molecular weight is 336 g/mol. The Bertz CT molecular complexity index is 836. The quantitative estimate of drug-likeness (QED) is 0.688. The van der Waals surface area contributed by atoms with Crippen LogP contribution in [0.4, 0.5) is 15.8 Å². The van der Waals surface area contributed by atoms with E-state index >= 15 is 0 Å². The fourth-order valence-electron chi connectivity index (χ4n) is 2.22. The largest absolute Gasteiger partial charge is 0.457 e. The molecule has 5 heteroatoms. The van der Waals surface area contributed by atoms with Gasteiger partial charge in [-0.15, -0.1) is 0 Å². The fraction of sp³-hybridized carbons (Fsp3) is 0.0500. The number of hydrogen-bond acceptors (Lipinski definition) is 3. The molecule has 0 aromatic heterocycles. The summed E-state index contributed by atoms with van der Waals surface area (Å²) in [5, 5.41) is 5.64. The van der Waals surface area contributed by atoms with Gasteiger partial charge in [0.25, 0.3) is 0 Å². The van der Waals surface area contributed by atoms with E-state index in [4.69, 9.17) is 4.74 Å². The number of carbonyl (C=O) groups excluding carboxylic acids is 1. The highest BCUT2D eigenvalue weighted by atomic mass is 19.1. The van der Waals surface area contributed by atoms with Crippen LogP contribution in [0.25, 0.3) is 0 Å². The lowest BCUT2D eigenvalue weighted by atomic mass is 10.3. The van der Waals surface area contributed by atoms with Crippen molar-refractivity contribution in [2.24, 2.45) is 0 Å². The molecule has 3 aromatic rings. The maximum atomic E-state index is 13.1. The Balaban J connectivity index is 1.50. The maximum absolute atomic E-state index is 13.1. The van der Waals surface area contributed by atoms with Crippen molar-refractivity contribution in [1.82, 2.24) is 0 Å². The Kier molecular flexibility index (Phi) is 5.26. The van der Waals surface area contributed by atoms with E-state index in [1.54, 1.807) is 12.1 Å². The molecule has 1 amide bonds. The summed E-state index contributed by atoms with van der Waals surface area (Å²) >= 11 is 0. The molecule has 0 saturated heterocycles. The third-order valence-electron chi connectivity index (χ3n) is 3.39. The fourth-order valence-corrected chi connectivity index (χ4v) is 2.22. The highest BCUT2D eigenvalue weighted by molar-refractivity contribution is 5.93. The topological polar surface area (TPSA) is 50.4 Å². The first-order valence-corrected chi connectivity index (χ1v) is 7.81. The lowest BCUT2D eigenvalue weighted by Crippen LogP contribution is -2.21. The zero-order valence-corrected chi connectivity index (χ0v) is 13.4. The molecule has 25 heavy (non-hydrogen) atoms. The van der Waals surface area contributed by atoms with E-state index in [9.17, 15) is 9.18 Å². The Morgan fingerprint density at radius 1 is 0.840 bits per heavy atom. The van der Waals surface area contributed by atoms with Crippen LogP contribution in [0.2, 0.25) is 0 Å². The van der Waals surface area contributed by atoms with Crippen molar-refractivity contribution in [2.75, 3.05) is 17.2 Å². The number of para-hydroxylation sites is 1. The third kappa shape index (κ3) is 5.07. The van der Waals surface area contributed by atoms with Gasteiger partial charge < -0.3 is 15.4 Å². The minimum Gasteiger partial charge on any atom is -0.457 e. The lowest BCUT2D eigenvalue weighted by Gasteiger charge is -2.09. The number of carbonyl (C=O) groups is 1. The number of hydrogen-bond donors (Lipinski definition) is 2. The first-order chi connectivity index (χ1) is 12.2. The van der Waals surface area contributed by atoms with Gasteiger partial charge in [0, 0.05) is 11.4 Å². The van der Waals surface area contributed by atoms with Crippen LogP contribution in [-0.4, -0.2) is 12.5 Å². The number of anilines is 2. The number of benzene rings is 3. The monoisotopic (exact) mass is 336 g/mol. The Labute approximate surface area is 145 Å². The Hall–Kier alpha value is -3.34. The summed E-state index contributed by atoms with van der Waals surface area (Å²) in [6.07, 6.45) is 0. The zero-order chi connectivity index (χ0) is 17.5. The summed E-state index contributed by atoms with van der Waals surface area (Å²) in [5.74, 6) is 0.827. The Morgan fingerprint density at radius 2 is 1.56 bits per heavy atom. The molecule has 2 N–H and O–H groups in total. The van der Waals surface area contributed by atoms with E-state index in [0.29, 0.717) is 11.4 Å². The van der Waals surface area contributed by atoms with Crippen LogP contribution in [0.15, 0.2) is 78.9 Å². The van der Waals surface area contributed by atoms with Crippen LogP contribution in [0.5, 0.6) is 11.5 Å². The number of nitrogens with one attached hydrogen (secondary N) is 2. The van der Waals surface area contributed by atoms with Crippen LogP contribution < -0.4 is 15.4 Å². The smallest absolute Gasteiger partial charge is 0.243 e. The summed E-state index contributed by atoms with van der Waals surface area (Å²) in [5.41, 5.74) is 1.22. The number of amides is 1. The second-order valence-corrected chi connectivity index (χ2v) is 5.35. The molecule has 0 saturated carbocycles. The average Bonchev–Trinajstić information content (AvgIpc) is 2.62. The summed E-state index contributed by atoms with van der Waals surface area (Å²) in [6, 6.07) is 22.6. The Morgan fingerprint density at radius 3 is 2.28 bits per heavy atom. The molecule has 0 atom stereocenters. The van der Waals surface area contributed by atoms with Crippen molar-refractivity contribution in [2.45, 2.75) is 0 Å². The molecule has 0 heterocycles. The lowest BCUT2D eigenvalue weighted by molar-refractivity contribution is -0.114. The summed E-state index contributed by atoms with van der Waals surface area (Å²) in [6.45, 7) is 0.0788. The zero-order valence-electron chi connectivity index (χ0n) is 13.4. The molecule has 0 fully saturated rings. The number of halogens is 1. The number of rotatable bonds is 6. The van der Waals surface area contributed by atoms with Gasteiger partial charge in [-0.2, -0.15) is 0 Å². The number of ether oxygens (including phenoxy) is 1. The van der Waals surface area contributed by atoms with Gasteiger partial charge in [-0.25, -0.2) is 4.39 Å². The summed E-state index contributed by atoms with van der Waals surface area (Å²) < 4.78 is 18.8. The minimum absolute atomic E-state index is 0.0788. The third-order valence-corrected chi connectivity index (χ3v) is 3.39. The van der Waals surface area contributed by atoms with Gasteiger partial charge in [-0.3, -0.25) is 4.79 Å². The van der Waals surface area contributed by atoms with Crippen molar-refractivity contribution < 1.29 is 13.9 Å².